The van der Waals surface area contributed by atoms with Crippen molar-refractivity contribution in [2.75, 3.05) is 18.8 Å². The zero-order valence-electron chi connectivity index (χ0n) is 9.91. The van der Waals surface area contributed by atoms with E-state index in [4.69, 9.17) is 5.73 Å². The number of rotatable bonds is 3. The van der Waals surface area contributed by atoms with Gasteiger partial charge in [-0.2, -0.15) is 0 Å². The summed E-state index contributed by atoms with van der Waals surface area (Å²) >= 11 is 0. The lowest BCUT2D eigenvalue weighted by molar-refractivity contribution is -0.125. The molecule has 1 aromatic carbocycles. The molecule has 0 unspecified atom stereocenters. The van der Waals surface area contributed by atoms with Crippen molar-refractivity contribution >= 4 is 11.6 Å². The average Bonchev–Trinajstić information content (AvgIpc) is 2.37. The molecule has 1 fully saturated rings. The van der Waals surface area contributed by atoms with Gasteiger partial charge < -0.3 is 16.4 Å². The summed E-state index contributed by atoms with van der Waals surface area (Å²) in [6.45, 7) is 2.44. The standard InChI is InChI=1S/C13H19N3O/c14-12-3-1-2-10(8-12)9-16-13(17)11-4-6-15-7-5-11/h1-3,8,11,15H,4-7,9,14H2,(H,16,17). The van der Waals surface area contributed by atoms with E-state index in [1.165, 1.54) is 0 Å². The summed E-state index contributed by atoms with van der Waals surface area (Å²) in [5, 5.41) is 6.23. The van der Waals surface area contributed by atoms with Crippen LogP contribution in [0, 0.1) is 5.92 Å². The van der Waals surface area contributed by atoms with Crippen LogP contribution in [0.4, 0.5) is 5.69 Å². The minimum atomic E-state index is 0.161. The fourth-order valence-corrected chi connectivity index (χ4v) is 2.12. The number of anilines is 1. The van der Waals surface area contributed by atoms with Crippen LogP contribution in [-0.2, 0) is 11.3 Å². The molecule has 0 aromatic heterocycles. The Bertz CT molecular complexity index is 386. The molecule has 4 N–H and O–H groups in total. The minimum absolute atomic E-state index is 0.161. The van der Waals surface area contributed by atoms with Crippen molar-refractivity contribution in [2.24, 2.45) is 5.92 Å². The summed E-state index contributed by atoms with van der Waals surface area (Å²) < 4.78 is 0. The van der Waals surface area contributed by atoms with Gasteiger partial charge in [-0.15, -0.1) is 0 Å². The Balaban J connectivity index is 1.83. The largest absolute Gasteiger partial charge is 0.399 e. The molecule has 1 aliphatic heterocycles. The van der Waals surface area contributed by atoms with E-state index in [0.29, 0.717) is 6.54 Å². The fraction of sp³-hybridized carbons (Fsp3) is 0.462. The number of nitrogens with two attached hydrogens (primary N) is 1. The van der Waals surface area contributed by atoms with E-state index in [9.17, 15) is 4.79 Å². The van der Waals surface area contributed by atoms with Gasteiger partial charge in [0.2, 0.25) is 5.91 Å². The number of amides is 1. The number of hydrogen-bond acceptors (Lipinski definition) is 3. The van der Waals surface area contributed by atoms with Gasteiger partial charge in [0.15, 0.2) is 0 Å². The molecule has 1 amide bonds. The molecule has 1 heterocycles. The molecule has 1 aliphatic rings. The fourth-order valence-electron chi connectivity index (χ4n) is 2.12. The Morgan fingerprint density at radius 1 is 1.41 bits per heavy atom. The van der Waals surface area contributed by atoms with Crippen LogP contribution in [0.15, 0.2) is 24.3 Å². The number of benzene rings is 1. The lowest BCUT2D eigenvalue weighted by atomic mass is 9.97. The molecule has 92 valence electrons. The van der Waals surface area contributed by atoms with Gasteiger partial charge in [-0.05, 0) is 43.6 Å². The highest BCUT2D eigenvalue weighted by molar-refractivity contribution is 5.78. The van der Waals surface area contributed by atoms with E-state index in [1.807, 2.05) is 24.3 Å². The monoisotopic (exact) mass is 233 g/mol. The summed E-state index contributed by atoms with van der Waals surface area (Å²) in [4.78, 5) is 11.9. The van der Waals surface area contributed by atoms with E-state index in [1.54, 1.807) is 0 Å². The van der Waals surface area contributed by atoms with E-state index in [-0.39, 0.29) is 11.8 Å². The molecule has 0 saturated carbocycles. The quantitative estimate of drug-likeness (QED) is 0.679. The number of carbonyl (C=O) groups is 1. The van der Waals surface area contributed by atoms with Crippen LogP contribution in [0.1, 0.15) is 18.4 Å². The van der Waals surface area contributed by atoms with E-state index in [0.717, 1.165) is 37.2 Å². The van der Waals surface area contributed by atoms with Gasteiger partial charge in [0, 0.05) is 18.2 Å². The normalized spacial score (nSPS) is 16.7. The predicted molar refractivity (Wildman–Crippen MR) is 68.3 cm³/mol. The molecule has 1 saturated heterocycles. The lowest BCUT2D eigenvalue weighted by Gasteiger charge is -2.21. The molecule has 0 spiro atoms. The average molecular weight is 233 g/mol. The maximum absolute atomic E-state index is 11.9. The van der Waals surface area contributed by atoms with E-state index in [2.05, 4.69) is 10.6 Å². The lowest BCUT2D eigenvalue weighted by Crippen LogP contribution is -2.37. The first kappa shape index (κ1) is 11.9. The summed E-state index contributed by atoms with van der Waals surface area (Å²) in [5.41, 5.74) is 7.47. The number of piperidine rings is 1. The predicted octanol–water partition coefficient (Wildman–Crippen LogP) is 0.885. The zero-order valence-corrected chi connectivity index (χ0v) is 9.91. The van der Waals surface area contributed by atoms with Crippen LogP contribution < -0.4 is 16.4 Å². The SMILES string of the molecule is Nc1cccc(CNC(=O)C2CCNCC2)c1. The Hall–Kier alpha value is -1.55. The Morgan fingerprint density at radius 3 is 2.88 bits per heavy atom. The van der Waals surface area contributed by atoms with Gasteiger partial charge >= 0.3 is 0 Å². The highest BCUT2D eigenvalue weighted by Gasteiger charge is 2.20. The Kier molecular flexibility index (Phi) is 3.98. The molecule has 17 heavy (non-hydrogen) atoms. The first-order valence-electron chi connectivity index (χ1n) is 6.08. The van der Waals surface area contributed by atoms with Crippen LogP contribution in [0.25, 0.3) is 0 Å². The Labute approximate surface area is 102 Å². The molecule has 0 atom stereocenters. The van der Waals surface area contributed by atoms with Gasteiger partial charge in [-0.1, -0.05) is 12.1 Å². The number of hydrogen-bond donors (Lipinski definition) is 3. The summed E-state index contributed by atoms with van der Waals surface area (Å²) in [6.07, 6.45) is 1.87. The molecular weight excluding hydrogens is 214 g/mol. The third kappa shape index (κ3) is 3.46. The van der Waals surface area contributed by atoms with Crippen molar-refractivity contribution in [3.63, 3.8) is 0 Å². The first-order chi connectivity index (χ1) is 8.25. The van der Waals surface area contributed by atoms with Crippen molar-refractivity contribution in [3.8, 4) is 0 Å². The van der Waals surface area contributed by atoms with Crippen LogP contribution in [0.3, 0.4) is 0 Å². The summed E-state index contributed by atoms with van der Waals surface area (Å²) in [6, 6.07) is 7.61. The highest BCUT2D eigenvalue weighted by atomic mass is 16.1. The molecule has 1 aromatic rings. The smallest absolute Gasteiger partial charge is 0.223 e. The molecule has 4 nitrogen and oxygen atoms in total. The van der Waals surface area contributed by atoms with Gasteiger partial charge in [0.1, 0.15) is 0 Å². The molecule has 2 rings (SSSR count). The molecule has 0 bridgehead atoms. The van der Waals surface area contributed by atoms with Gasteiger partial charge in [0.05, 0.1) is 0 Å². The highest BCUT2D eigenvalue weighted by Crippen LogP contribution is 2.12. The summed E-state index contributed by atoms with van der Waals surface area (Å²) in [7, 11) is 0. The van der Waals surface area contributed by atoms with E-state index >= 15 is 0 Å². The Morgan fingerprint density at radius 2 is 2.18 bits per heavy atom. The third-order valence-corrected chi connectivity index (χ3v) is 3.13. The molecule has 0 radical (unpaired) electrons. The maximum atomic E-state index is 11.9. The number of nitrogen functional groups attached to an aromatic ring is 1. The van der Waals surface area contributed by atoms with Gasteiger partial charge in [-0.3, -0.25) is 4.79 Å². The molecule has 0 aliphatic carbocycles. The third-order valence-electron chi connectivity index (χ3n) is 3.13. The number of nitrogens with one attached hydrogen (secondary N) is 2. The zero-order chi connectivity index (χ0) is 12.1. The van der Waals surface area contributed by atoms with Crippen molar-refractivity contribution in [2.45, 2.75) is 19.4 Å². The van der Waals surface area contributed by atoms with Crippen molar-refractivity contribution < 1.29 is 4.79 Å². The van der Waals surface area contributed by atoms with Crippen molar-refractivity contribution in [1.82, 2.24) is 10.6 Å². The second kappa shape index (κ2) is 5.68. The summed E-state index contributed by atoms with van der Waals surface area (Å²) in [5.74, 6) is 0.325. The topological polar surface area (TPSA) is 67.1 Å². The van der Waals surface area contributed by atoms with Crippen molar-refractivity contribution in [3.05, 3.63) is 29.8 Å². The van der Waals surface area contributed by atoms with Crippen LogP contribution in [-0.4, -0.2) is 19.0 Å². The van der Waals surface area contributed by atoms with Crippen LogP contribution in [0.5, 0.6) is 0 Å². The molecule has 4 heteroatoms. The van der Waals surface area contributed by atoms with Gasteiger partial charge in [0.25, 0.3) is 0 Å². The van der Waals surface area contributed by atoms with E-state index < -0.39 is 0 Å². The number of carbonyl (C=O) groups excluding carboxylic acids is 1. The molecular formula is C13H19N3O. The maximum Gasteiger partial charge on any atom is 0.223 e. The minimum Gasteiger partial charge on any atom is -0.399 e. The van der Waals surface area contributed by atoms with Gasteiger partial charge in [-0.25, -0.2) is 0 Å². The van der Waals surface area contributed by atoms with Crippen LogP contribution in [0.2, 0.25) is 0 Å². The van der Waals surface area contributed by atoms with Crippen molar-refractivity contribution in [1.29, 1.82) is 0 Å². The first-order valence-corrected chi connectivity index (χ1v) is 6.08. The second-order valence-corrected chi connectivity index (χ2v) is 4.49. The van der Waals surface area contributed by atoms with Crippen LogP contribution >= 0.6 is 0 Å². The second-order valence-electron chi connectivity index (χ2n) is 4.49.